The molecule has 0 aliphatic carbocycles. The summed E-state index contributed by atoms with van der Waals surface area (Å²) in [5.74, 6) is -0.902. The summed E-state index contributed by atoms with van der Waals surface area (Å²) in [4.78, 5) is 66.4. The first kappa shape index (κ1) is 30.6. The Kier molecular flexibility index (Phi) is 8.12. The van der Waals surface area contributed by atoms with Crippen LogP contribution in [0.3, 0.4) is 0 Å². The minimum Gasteiger partial charge on any atom is -0.274 e. The van der Waals surface area contributed by atoms with E-state index in [4.69, 9.17) is 9.97 Å². The first-order chi connectivity index (χ1) is 21.0. The highest BCUT2D eigenvalue weighted by Crippen LogP contribution is 2.55. The largest absolute Gasteiger partial charge is 0.274 e. The van der Waals surface area contributed by atoms with Crippen LogP contribution in [0.2, 0.25) is 0 Å². The van der Waals surface area contributed by atoms with Crippen LogP contribution in [0.15, 0.2) is 76.2 Å². The molecule has 0 bridgehead atoms. The summed E-state index contributed by atoms with van der Waals surface area (Å²) < 4.78 is 3.23. The fraction of sp³-hybridized carbons (Fsp3) is 0.241. The maximum absolute atomic E-state index is 13.2. The molecule has 3 aliphatic rings. The Morgan fingerprint density at radius 3 is 1.48 bits per heavy atom. The second-order valence-corrected chi connectivity index (χ2v) is 18.4. The van der Waals surface area contributed by atoms with Crippen molar-refractivity contribution < 1.29 is 19.2 Å². The molecule has 2 aromatic heterocycles. The predicted octanol–water partition coefficient (Wildman–Crippen LogP) is 7.76. The number of thioether (sulfide) groups is 2. The van der Waals surface area contributed by atoms with Crippen molar-refractivity contribution in [3.05, 3.63) is 67.2 Å². The molecule has 0 radical (unpaired) electrons. The number of rotatable bonds is 6. The van der Waals surface area contributed by atoms with Crippen LogP contribution in [-0.2, 0) is 24.6 Å². The third-order valence-corrected chi connectivity index (χ3v) is 15.0. The predicted molar refractivity (Wildman–Crippen MR) is 182 cm³/mol. The topological polar surface area (TPSA) is 101 Å². The molecule has 4 aromatic rings. The number of fused-ring (bicyclic) bond motifs is 2. The highest BCUT2D eigenvalue weighted by molar-refractivity contribution is 9.10. The summed E-state index contributed by atoms with van der Waals surface area (Å²) in [5, 5.41) is 0.607. The van der Waals surface area contributed by atoms with Gasteiger partial charge in [-0.25, -0.2) is 19.8 Å². The van der Waals surface area contributed by atoms with E-state index in [0.29, 0.717) is 11.4 Å². The molecule has 0 spiro atoms. The maximum atomic E-state index is 13.2. The van der Waals surface area contributed by atoms with E-state index in [0.717, 1.165) is 37.4 Å². The second-order valence-electron chi connectivity index (χ2n) is 10.7. The van der Waals surface area contributed by atoms with Crippen molar-refractivity contribution in [3.63, 3.8) is 0 Å². The number of hydrogen-bond acceptors (Lipinski definition) is 11. The van der Waals surface area contributed by atoms with Crippen LogP contribution in [0.5, 0.6) is 0 Å². The number of benzene rings is 2. The Morgan fingerprint density at radius 1 is 0.705 bits per heavy atom. The molecule has 2 saturated heterocycles. The monoisotopic (exact) mass is 806 g/mol. The van der Waals surface area contributed by atoms with Gasteiger partial charge in [-0.2, -0.15) is 0 Å². The van der Waals surface area contributed by atoms with Gasteiger partial charge in [-0.15, -0.1) is 22.7 Å². The summed E-state index contributed by atoms with van der Waals surface area (Å²) in [7, 11) is 0. The lowest BCUT2D eigenvalue weighted by Gasteiger charge is -2.26. The maximum Gasteiger partial charge on any atom is 0.247 e. The smallest absolute Gasteiger partial charge is 0.247 e. The van der Waals surface area contributed by atoms with Crippen molar-refractivity contribution in [2.75, 3.05) is 9.80 Å². The van der Waals surface area contributed by atoms with Gasteiger partial charge in [0.15, 0.2) is 8.68 Å². The zero-order valence-electron chi connectivity index (χ0n) is 22.9. The van der Waals surface area contributed by atoms with Gasteiger partial charge < -0.3 is 0 Å². The van der Waals surface area contributed by atoms with Gasteiger partial charge in [-0.3, -0.25) is 19.2 Å². The lowest BCUT2D eigenvalue weighted by Crippen LogP contribution is -2.31. The van der Waals surface area contributed by atoms with E-state index in [1.165, 1.54) is 45.1 Å². The standard InChI is InChI=1S/C29H20Br2N4O4S5/c1-29(2)21-23(32-27(42-21)40-17-11-19(36)34(25(17)38)15-7-3-13(30)4-8-15)44-24-22(29)43-28(33-24)41-18-12-20(37)35(26(18)39)16-9-5-14(31)6-10-16/h3-10,17-18H,11-12H2,1-2H3/t17-,18-/m0/s1. The number of carbonyl (C=O) groups excluding carboxylic acids is 4. The quantitative estimate of drug-likeness (QED) is 0.181. The molecular formula is C29H20Br2N4O4S5. The summed E-state index contributed by atoms with van der Waals surface area (Å²) in [6, 6.07) is 14.3. The zero-order chi connectivity index (χ0) is 30.9. The first-order valence-electron chi connectivity index (χ1n) is 13.3. The molecule has 2 atom stereocenters. The van der Waals surface area contributed by atoms with Crippen LogP contribution < -0.4 is 9.80 Å². The van der Waals surface area contributed by atoms with E-state index in [-0.39, 0.29) is 41.9 Å². The van der Waals surface area contributed by atoms with Crippen molar-refractivity contribution in [1.82, 2.24) is 9.97 Å². The Bertz CT molecular complexity index is 1730. The lowest BCUT2D eigenvalue weighted by atomic mass is 9.90. The first-order valence-corrected chi connectivity index (χ1v) is 19.1. The molecule has 44 heavy (non-hydrogen) atoms. The van der Waals surface area contributed by atoms with Crippen LogP contribution in [0, 0.1) is 0 Å². The molecule has 7 rings (SSSR count). The Labute approximate surface area is 290 Å². The molecule has 4 amide bonds. The van der Waals surface area contributed by atoms with E-state index in [2.05, 4.69) is 45.7 Å². The van der Waals surface area contributed by atoms with E-state index >= 15 is 0 Å². The number of amides is 4. The van der Waals surface area contributed by atoms with Gasteiger partial charge >= 0.3 is 0 Å². The number of nitrogens with zero attached hydrogens (tertiary/aromatic N) is 4. The molecule has 2 aromatic carbocycles. The SMILES string of the molecule is CC1(C)c2sc(S[C@H]3CC(=O)N(c4ccc(Br)cc4)C3=O)nc2Sc2nc(S[C@H]3CC(=O)N(c4ccc(Br)cc4)C3=O)sc21. The molecule has 3 aliphatic heterocycles. The molecule has 2 fully saturated rings. The molecule has 224 valence electrons. The molecule has 15 heteroatoms. The zero-order valence-corrected chi connectivity index (χ0v) is 30.2. The van der Waals surface area contributed by atoms with Crippen LogP contribution in [-0.4, -0.2) is 44.1 Å². The van der Waals surface area contributed by atoms with Gasteiger partial charge in [-0.05, 0) is 74.1 Å². The third-order valence-electron chi connectivity index (χ3n) is 7.35. The minimum atomic E-state index is -0.536. The highest BCUT2D eigenvalue weighted by Gasteiger charge is 2.45. The number of carbonyl (C=O) groups is 4. The fourth-order valence-electron chi connectivity index (χ4n) is 5.16. The third kappa shape index (κ3) is 5.41. The normalized spacial score (nSPS) is 20.9. The summed E-state index contributed by atoms with van der Waals surface area (Å²) in [6.45, 7) is 4.26. The van der Waals surface area contributed by atoms with Gasteiger partial charge in [0.1, 0.15) is 20.6 Å². The summed E-state index contributed by atoms with van der Waals surface area (Å²) in [6.07, 6.45) is 0.245. The Balaban J connectivity index is 1.07. The number of hydrogen-bond donors (Lipinski definition) is 0. The van der Waals surface area contributed by atoms with E-state index < -0.39 is 10.5 Å². The van der Waals surface area contributed by atoms with E-state index in [9.17, 15) is 19.2 Å². The van der Waals surface area contributed by atoms with E-state index in [1.54, 1.807) is 46.9 Å². The van der Waals surface area contributed by atoms with Crippen molar-refractivity contribution in [2.24, 2.45) is 0 Å². The number of anilines is 2. The van der Waals surface area contributed by atoms with Crippen molar-refractivity contribution >= 4 is 125 Å². The average Bonchev–Trinajstić information content (AvgIpc) is 3.71. The van der Waals surface area contributed by atoms with Crippen molar-refractivity contribution in [3.8, 4) is 0 Å². The lowest BCUT2D eigenvalue weighted by molar-refractivity contribution is -0.122. The summed E-state index contributed by atoms with van der Waals surface area (Å²) >= 11 is 14.0. The number of halogens is 2. The van der Waals surface area contributed by atoms with Crippen LogP contribution in [0.25, 0.3) is 0 Å². The van der Waals surface area contributed by atoms with Gasteiger partial charge in [0.2, 0.25) is 23.6 Å². The number of thiazole rings is 2. The minimum absolute atomic E-state index is 0.122. The molecular weight excluding hydrogens is 788 g/mol. The van der Waals surface area contributed by atoms with Crippen molar-refractivity contribution in [1.29, 1.82) is 0 Å². The molecule has 0 unspecified atom stereocenters. The van der Waals surface area contributed by atoms with Gasteiger partial charge in [-0.1, -0.05) is 55.4 Å². The van der Waals surface area contributed by atoms with Crippen LogP contribution in [0.1, 0.15) is 36.4 Å². The fourth-order valence-corrected chi connectivity index (χ4v) is 12.5. The number of imide groups is 2. The van der Waals surface area contributed by atoms with Gasteiger partial charge in [0.05, 0.1) is 21.1 Å². The Hall–Kier alpha value is -2.01. The van der Waals surface area contributed by atoms with Crippen molar-refractivity contribution in [2.45, 2.75) is 61.3 Å². The highest BCUT2D eigenvalue weighted by atomic mass is 79.9. The Morgan fingerprint density at radius 2 is 1.09 bits per heavy atom. The number of aromatic nitrogens is 2. The average molecular weight is 809 g/mol. The van der Waals surface area contributed by atoms with E-state index in [1.807, 2.05) is 24.3 Å². The van der Waals surface area contributed by atoms with Crippen LogP contribution >= 0.6 is 89.8 Å². The van der Waals surface area contributed by atoms with Gasteiger partial charge in [0, 0.05) is 27.2 Å². The molecule has 5 heterocycles. The molecule has 0 saturated carbocycles. The van der Waals surface area contributed by atoms with Gasteiger partial charge in [0.25, 0.3) is 0 Å². The van der Waals surface area contributed by atoms with Crippen LogP contribution in [0.4, 0.5) is 11.4 Å². The second kappa shape index (κ2) is 11.7. The molecule has 0 N–H and O–H groups in total. The summed E-state index contributed by atoms with van der Waals surface area (Å²) in [5.41, 5.74) is 0.742. The molecule has 8 nitrogen and oxygen atoms in total.